The van der Waals surface area contributed by atoms with E-state index in [-0.39, 0.29) is 5.91 Å². The molecule has 0 saturated carbocycles. The summed E-state index contributed by atoms with van der Waals surface area (Å²) in [4.78, 5) is 24.9. The lowest BCUT2D eigenvalue weighted by Crippen LogP contribution is -2.28. The van der Waals surface area contributed by atoms with E-state index in [4.69, 9.17) is 5.73 Å². The van der Waals surface area contributed by atoms with Crippen molar-refractivity contribution in [1.82, 2.24) is 20.3 Å². The van der Waals surface area contributed by atoms with Gasteiger partial charge in [0.25, 0.3) is 5.91 Å². The first-order valence-corrected chi connectivity index (χ1v) is 6.27. The highest BCUT2D eigenvalue weighted by Crippen LogP contribution is 2.24. The molecule has 0 radical (unpaired) electrons. The zero-order valence-electron chi connectivity index (χ0n) is 9.88. The number of nitrogens with zero attached hydrogens (tertiary/aromatic N) is 3. The van der Waals surface area contributed by atoms with Crippen LogP contribution in [0.4, 0.5) is 0 Å². The molecule has 0 atom stereocenters. The van der Waals surface area contributed by atoms with Crippen molar-refractivity contribution in [2.24, 2.45) is 5.73 Å². The van der Waals surface area contributed by atoms with E-state index in [0.29, 0.717) is 34.5 Å². The highest BCUT2D eigenvalue weighted by molar-refractivity contribution is 7.17. The van der Waals surface area contributed by atoms with Crippen molar-refractivity contribution in [2.45, 2.75) is 6.92 Å². The van der Waals surface area contributed by atoms with Crippen molar-refractivity contribution < 1.29 is 4.79 Å². The molecule has 2 heterocycles. The van der Waals surface area contributed by atoms with Crippen LogP contribution in [0.5, 0.6) is 0 Å². The average molecular weight is 263 g/mol. The van der Waals surface area contributed by atoms with Gasteiger partial charge in [-0.25, -0.2) is 15.0 Å². The van der Waals surface area contributed by atoms with E-state index in [9.17, 15) is 4.79 Å². The van der Waals surface area contributed by atoms with Crippen LogP contribution in [0.3, 0.4) is 0 Å². The van der Waals surface area contributed by atoms with Gasteiger partial charge < -0.3 is 11.1 Å². The normalized spacial score (nSPS) is 10.3. The minimum Gasteiger partial charge on any atom is -0.350 e. The van der Waals surface area contributed by atoms with E-state index in [0.717, 1.165) is 0 Å². The summed E-state index contributed by atoms with van der Waals surface area (Å²) in [5.74, 6) is 0.376. The minimum atomic E-state index is -0.155. The number of carbonyl (C=O) groups excluding carboxylic acids is 1. The Morgan fingerprint density at radius 2 is 2.17 bits per heavy atom. The number of carbonyl (C=O) groups is 1. The van der Waals surface area contributed by atoms with Gasteiger partial charge in [0.1, 0.15) is 4.88 Å². The second-order valence-electron chi connectivity index (χ2n) is 3.55. The summed E-state index contributed by atoms with van der Waals surface area (Å²) in [6, 6.07) is 1.73. The Morgan fingerprint density at radius 3 is 2.83 bits per heavy atom. The maximum atomic E-state index is 11.8. The van der Waals surface area contributed by atoms with Crippen LogP contribution in [0.15, 0.2) is 18.5 Å². The zero-order valence-corrected chi connectivity index (χ0v) is 10.7. The minimum absolute atomic E-state index is 0.155. The van der Waals surface area contributed by atoms with E-state index in [1.165, 1.54) is 11.3 Å². The van der Waals surface area contributed by atoms with Crippen LogP contribution in [-0.2, 0) is 0 Å². The molecule has 0 aromatic carbocycles. The first-order chi connectivity index (χ1) is 8.72. The van der Waals surface area contributed by atoms with Crippen LogP contribution in [0.25, 0.3) is 10.8 Å². The van der Waals surface area contributed by atoms with Gasteiger partial charge in [0, 0.05) is 25.5 Å². The molecule has 0 aliphatic heterocycles. The van der Waals surface area contributed by atoms with E-state index >= 15 is 0 Å². The quantitative estimate of drug-likeness (QED) is 0.842. The van der Waals surface area contributed by atoms with Crippen molar-refractivity contribution in [3.63, 3.8) is 0 Å². The van der Waals surface area contributed by atoms with Crippen molar-refractivity contribution in [1.29, 1.82) is 0 Å². The average Bonchev–Trinajstić information content (AvgIpc) is 2.79. The van der Waals surface area contributed by atoms with Gasteiger partial charge in [-0.1, -0.05) is 0 Å². The van der Waals surface area contributed by atoms with Gasteiger partial charge in [-0.05, 0) is 13.0 Å². The van der Waals surface area contributed by atoms with Gasteiger partial charge in [-0.3, -0.25) is 4.79 Å². The first kappa shape index (κ1) is 12.6. The molecule has 2 rings (SSSR count). The molecule has 2 aromatic rings. The van der Waals surface area contributed by atoms with Gasteiger partial charge in [-0.15, -0.1) is 11.3 Å². The van der Waals surface area contributed by atoms with Gasteiger partial charge in [-0.2, -0.15) is 0 Å². The maximum absolute atomic E-state index is 11.8. The Kier molecular flexibility index (Phi) is 3.96. The Bertz CT molecular complexity index is 540. The number of hydrogen-bond acceptors (Lipinski definition) is 6. The third kappa shape index (κ3) is 2.69. The summed E-state index contributed by atoms with van der Waals surface area (Å²) in [6.45, 7) is 2.66. The van der Waals surface area contributed by atoms with E-state index in [1.54, 1.807) is 25.4 Å². The predicted octanol–water partition coefficient (Wildman–Crippen LogP) is 0.597. The molecule has 6 nitrogen and oxygen atoms in total. The summed E-state index contributed by atoms with van der Waals surface area (Å²) in [6.07, 6.45) is 3.29. The Balaban J connectivity index is 2.25. The third-order valence-electron chi connectivity index (χ3n) is 2.19. The molecule has 0 fully saturated rings. The third-order valence-corrected chi connectivity index (χ3v) is 3.34. The van der Waals surface area contributed by atoms with Crippen LogP contribution < -0.4 is 11.1 Å². The topological polar surface area (TPSA) is 93.8 Å². The summed E-state index contributed by atoms with van der Waals surface area (Å²) in [5, 5.41) is 3.36. The van der Waals surface area contributed by atoms with E-state index in [2.05, 4.69) is 20.3 Å². The molecule has 7 heteroatoms. The fraction of sp³-hybridized carbons (Fsp3) is 0.273. The van der Waals surface area contributed by atoms with Crippen LogP contribution in [0, 0.1) is 6.92 Å². The summed E-state index contributed by atoms with van der Waals surface area (Å²) in [5.41, 5.74) is 6.02. The molecule has 0 unspecified atom stereocenters. The number of hydrogen-bond donors (Lipinski definition) is 2. The first-order valence-electron chi connectivity index (χ1n) is 5.45. The van der Waals surface area contributed by atoms with Gasteiger partial charge >= 0.3 is 0 Å². The lowest BCUT2D eigenvalue weighted by molar-refractivity contribution is 0.0958. The molecule has 1 amide bonds. The highest BCUT2D eigenvalue weighted by Gasteiger charge is 2.16. The van der Waals surface area contributed by atoms with Crippen molar-refractivity contribution >= 4 is 17.2 Å². The van der Waals surface area contributed by atoms with Gasteiger partial charge in [0.2, 0.25) is 0 Å². The molecule has 0 spiro atoms. The summed E-state index contributed by atoms with van der Waals surface area (Å²) < 4.78 is 0. The number of nitrogens with one attached hydrogen (secondary N) is 1. The Hall–Kier alpha value is -1.86. The predicted molar refractivity (Wildman–Crippen MR) is 69.3 cm³/mol. The Labute approximate surface area is 108 Å². The molecular weight excluding hydrogens is 250 g/mol. The van der Waals surface area contributed by atoms with Crippen molar-refractivity contribution in [3.05, 3.63) is 29.0 Å². The number of amides is 1. The maximum Gasteiger partial charge on any atom is 0.263 e. The molecular formula is C11H13N5OS. The standard InChI is InChI=1S/C11H13N5OS/c1-7-8(10(17)15-6-3-12)18-11(16-7)9-13-4-2-5-14-9/h2,4-5H,3,6,12H2,1H3,(H,15,17). The summed E-state index contributed by atoms with van der Waals surface area (Å²) >= 11 is 1.28. The highest BCUT2D eigenvalue weighted by atomic mass is 32.1. The number of aryl methyl sites for hydroxylation is 1. The van der Waals surface area contributed by atoms with Crippen LogP contribution in [0.2, 0.25) is 0 Å². The van der Waals surface area contributed by atoms with Crippen molar-refractivity contribution in [2.75, 3.05) is 13.1 Å². The lowest BCUT2D eigenvalue weighted by Gasteiger charge is -2.00. The van der Waals surface area contributed by atoms with Crippen molar-refractivity contribution in [3.8, 4) is 10.8 Å². The second kappa shape index (κ2) is 5.65. The monoisotopic (exact) mass is 263 g/mol. The van der Waals surface area contributed by atoms with E-state index < -0.39 is 0 Å². The van der Waals surface area contributed by atoms with E-state index in [1.807, 2.05) is 0 Å². The molecule has 0 bridgehead atoms. The lowest BCUT2D eigenvalue weighted by atomic mass is 10.3. The molecule has 0 aliphatic carbocycles. The number of thiazole rings is 1. The molecule has 0 saturated heterocycles. The van der Waals surface area contributed by atoms with Crippen LogP contribution in [-0.4, -0.2) is 33.9 Å². The fourth-order valence-electron chi connectivity index (χ4n) is 1.38. The molecule has 2 aromatic heterocycles. The number of rotatable bonds is 4. The number of nitrogens with two attached hydrogens (primary N) is 1. The van der Waals surface area contributed by atoms with Gasteiger partial charge in [0.15, 0.2) is 10.8 Å². The van der Waals surface area contributed by atoms with Crippen LogP contribution in [0.1, 0.15) is 15.4 Å². The molecule has 0 aliphatic rings. The molecule has 18 heavy (non-hydrogen) atoms. The second-order valence-corrected chi connectivity index (χ2v) is 4.55. The molecule has 94 valence electrons. The van der Waals surface area contributed by atoms with Crippen LogP contribution >= 0.6 is 11.3 Å². The van der Waals surface area contributed by atoms with Gasteiger partial charge in [0.05, 0.1) is 5.69 Å². The number of aromatic nitrogens is 3. The summed E-state index contributed by atoms with van der Waals surface area (Å²) in [7, 11) is 0. The smallest absolute Gasteiger partial charge is 0.263 e. The SMILES string of the molecule is Cc1nc(-c2ncccn2)sc1C(=O)NCCN. The molecule has 3 N–H and O–H groups in total. The largest absolute Gasteiger partial charge is 0.350 e. The zero-order chi connectivity index (χ0) is 13.0. The fourth-order valence-corrected chi connectivity index (χ4v) is 2.31. The Morgan fingerprint density at radius 1 is 1.44 bits per heavy atom.